The van der Waals surface area contributed by atoms with Crippen LogP contribution in [0, 0.1) is 0 Å². The lowest BCUT2D eigenvalue weighted by Crippen LogP contribution is -2.43. The molecule has 2 amide bonds. The van der Waals surface area contributed by atoms with Gasteiger partial charge >= 0.3 is 0 Å². The zero-order valence-corrected chi connectivity index (χ0v) is 18.7. The predicted octanol–water partition coefficient (Wildman–Crippen LogP) is 3.18. The van der Waals surface area contributed by atoms with Crippen LogP contribution in [-0.4, -0.2) is 48.0 Å². The monoisotopic (exact) mass is 452 g/mol. The number of halogens is 1. The molecule has 166 valence electrons. The number of aromatic nitrogens is 1. The van der Waals surface area contributed by atoms with Crippen LogP contribution in [0.15, 0.2) is 77.7 Å². The normalized spacial score (nSPS) is 11.8. The van der Waals surface area contributed by atoms with E-state index in [9.17, 15) is 14.4 Å². The Labute approximate surface area is 191 Å². The number of carbonyl (C=O) groups is 2. The van der Waals surface area contributed by atoms with Crippen LogP contribution >= 0.6 is 11.6 Å². The van der Waals surface area contributed by atoms with Gasteiger partial charge in [0.05, 0.1) is 6.04 Å². The molecule has 32 heavy (non-hydrogen) atoms. The molecular formula is C24H25ClN4O3. The quantitative estimate of drug-likeness (QED) is 0.550. The van der Waals surface area contributed by atoms with Crippen LogP contribution in [0.2, 0.25) is 5.02 Å². The highest BCUT2D eigenvalue weighted by Crippen LogP contribution is 2.14. The van der Waals surface area contributed by atoms with Gasteiger partial charge in [-0.15, -0.1) is 0 Å². The average Bonchev–Trinajstić information content (AvgIpc) is 2.75. The summed E-state index contributed by atoms with van der Waals surface area (Å²) in [6.07, 6.45) is 1.79. The third kappa shape index (κ3) is 6.54. The van der Waals surface area contributed by atoms with Crippen molar-refractivity contribution in [1.82, 2.24) is 14.8 Å². The van der Waals surface area contributed by atoms with Crippen molar-refractivity contribution in [2.75, 3.05) is 26.0 Å². The fourth-order valence-electron chi connectivity index (χ4n) is 3.25. The predicted molar refractivity (Wildman–Crippen MR) is 127 cm³/mol. The van der Waals surface area contributed by atoms with E-state index >= 15 is 0 Å². The van der Waals surface area contributed by atoms with Crippen LogP contribution in [0.3, 0.4) is 0 Å². The number of nitrogens with zero attached hydrogens (tertiary/aromatic N) is 2. The summed E-state index contributed by atoms with van der Waals surface area (Å²) in [5, 5.41) is 6.33. The molecule has 0 aliphatic carbocycles. The number of amides is 2. The molecule has 0 saturated carbocycles. The van der Waals surface area contributed by atoms with Crippen molar-refractivity contribution < 1.29 is 9.59 Å². The summed E-state index contributed by atoms with van der Waals surface area (Å²) in [5.41, 5.74) is 1.60. The molecular weight excluding hydrogens is 428 g/mol. The summed E-state index contributed by atoms with van der Waals surface area (Å²) in [6.45, 7) is 0.497. The number of benzene rings is 2. The number of carbonyl (C=O) groups excluding carboxylic acids is 2. The fraction of sp³-hybridized carbons (Fsp3) is 0.208. The Morgan fingerprint density at radius 2 is 1.69 bits per heavy atom. The number of hydrogen-bond donors (Lipinski definition) is 2. The maximum absolute atomic E-state index is 12.8. The van der Waals surface area contributed by atoms with E-state index in [0.29, 0.717) is 28.5 Å². The van der Waals surface area contributed by atoms with E-state index in [0.717, 1.165) is 0 Å². The molecule has 0 aliphatic rings. The zero-order valence-electron chi connectivity index (χ0n) is 17.9. The maximum atomic E-state index is 12.8. The van der Waals surface area contributed by atoms with Crippen LogP contribution in [0.4, 0.5) is 5.69 Å². The smallest absolute Gasteiger partial charge is 0.255 e. The topological polar surface area (TPSA) is 83.4 Å². The highest BCUT2D eigenvalue weighted by Gasteiger charge is 2.18. The van der Waals surface area contributed by atoms with Gasteiger partial charge in [-0.05, 0) is 68.7 Å². The summed E-state index contributed by atoms with van der Waals surface area (Å²) in [7, 11) is 3.76. The Morgan fingerprint density at radius 3 is 2.31 bits per heavy atom. The van der Waals surface area contributed by atoms with Crippen LogP contribution < -0.4 is 16.2 Å². The van der Waals surface area contributed by atoms with Crippen molar-refractivity contribution in [2.45, 2.75) is 12.5 Å². The highest BCUT2D eigenvalue weighted by atomic mass is 35.5. The Hall–Kier alpha value is -3.42. The van der Waals surface area contributed by atoms with E-state index in [-0.39, 0.29) is 29.8 Å². The summed E-state index contributed by atoms with van der Waals surface area (Å²) in [4.78, 5) is 39.2. The minimum absolute atomic E-state index is 0.115. The van der Waals surface area contributed by atoms with Crippen molar-refractivity contribution >= 4 is 29.1 Å². The van der Waals surface area contributed by atoms with E-state index in [1.807, 2.05) is 19.0 Å². The molecule has 8 heteroatoms. The Bertz CT molecular complexity index is 1120. The van der Waals surface area contributed by atoms with Gasteiger partial charge in [-0.3, -0.25) is 19.0 Å². The standard InChI is InChI=1S/C24H25ClN4O3/c1-28(2)16-20(15-22(30)26-19-10-8-18(25)9-11-19)27-24(32)17-6-12-21(13-7-17)29-14-4-3-5-23(29)31/h3-14,20H,15-16H2,1-2H3,(H,26,30)(H,27,32). The van der Waals surface area contributed by atoms with Gasteiger partial charge in [0.25, 0.3) is 11.5 Å². The van der Waals surface area contributed by atoms with Crippen LogP contribution in [0.5, 0.6) is 0 Å². The molecule has 0 fully saturated rings. The third-order valence-corrected chi connectivity index (χ3v) is 4.96. The number of nitrogens with one attached hydrogen (secondary N) is 2. The zero-order chi connectivity index (χ0) is 23.1. The molecule has 0 spiro atoms. The first kappa shape index (κ1) is 23.2. The molecule has 1 heterocycles. The minimum atomic E-state index is -0.388. The molecule has 2 aromatic carbocycles. The lowest BCUT2D eigenvalue weighted by molar-refractivity contribution is -0.116. The van der Waals surface area contributed by atoms with Crippen LogP contribution in [0.1, 0.15) is 16.8 Å². The SMILES string of the molecule is CN(C)CC(CC(=O)Nc1ccc(Cl)cc1)NC(=O)c1ccc(-n2ccccc2=O)cc1. The number of pyridine rings is 1. The van der Waals surface area contributed by atoms with E-state index in [1.54, 1.807) is 66.9 Å². The van der Waals surface area contributed by atoms with Gasteiger partial charge in [0.2, 0.25) is 5.91 Å². The average molecular weight is 453 g/mol. The van der Waals surface area contributed by atoms with Gasteiger partial charge in [0.15, 0.2) is 0 Å². The van der Waals surface area contributed by atoms with Crippen LogP contribution in [0.25, 0.3) is 5.69 Å². The summed E-state index contributed by atoms with van der Waals surface area (Å²) >= 11 is 5.88. The number of hydrogen-bond acceptors (Lipinski definition) is 4. The molecule has 1 unspecified atom stereocenters. The van der Waals surface area contributed by atoms with Gasteiger partial charge in [-0.25, -0.2) is 0 Å². The molecule has 2 N–H and O–H groups in total. The summed E-state index contributed by atoms with van der Waals surface area (Å²) in [6, 6.07) is 18.1. The molecule has 1 atom stereocenters. The van der Waals surface area contributed by atoms with Crippen molar-refractivity contribution in [1.29, 1.82) is 0 Å². The molecule has 0 radical (unpaired) electrons. The first-order chi connectivity index (χ1) is 15.3. The second-order valence-corrected chi connectivity index (χ2v) is 8.08. The van der Waals surface area contributed by atoms with Gasteiger partial charge in [-0.2, -0.15) is 0 Å². The Balaban J connectivity index is 1.66. The minimum Gasteiger partial charge on any atom is -0.347 e. The number of rotatable bonds is 8. The molecule has 1 aromatic heterocycles. The molecule has 3 aromatic rings. The second-order valence-electron chi connectivity index (χ2n) is 7.65. The second kappa shape index (κ2) is 10.7. The van der Waals surface area contributed by atoms with Gasteiger partial charge in [0, 0.05) is 47.2 Å². The van der Waals surface area contributed by atoms with Crippen molar-refractivity contribution in [2.24, 2.45) is 0 Å². The molecule has 7 nitrogen and oxygen atoms in total. The van der Waals surface area contributed by atoms with Crippen molar-refractivity contribution in [3.63, 3.8) is 0 Å². The lowest BCUT2D eigenvalue weighted by Gasteiger charge is -2.22. The van der Waals surface area contributed by atoms with E-state index in [4.69, 9.17) is 11.6 Å². The maximum Gasteiger partial charge on any atom is 0.255 e. The summed E-state index contributed by atoms with van der Waals surface area (Å²) < 4.78 is 1.50. The van der Waals surface area contributed by atoms with Crippen LogP contribution in [-0.2, 0) is 4.79 Å². The van der Waals surface area contributed by atoms with Crippen molar-refractivity contribution in [3.05, 3.63) is 93.9 Å². The van der Waals surface area contributed by atoms with E-state index < -0.39 is 0 Å². The van der Waals surface area contributed by atoms with E-state index in [2.05, 4.69) is 10.6 Å². The molecule has 0 aliphatic heterocycles. The largest absolute Gasteiger partial charge is 0.347 e. The molecule has 0 saturated heterocycles. The highest BCUT2D eigenvalue weighted by molar-refractivity contribution is 6.30. The molecule has 0 bridgehead atoms. The number of likely N-dealkylation sites (N-methyl/N-ethyl adjacent to an activating group) is 1. The van der Waals surface area contributed by atoms with Gasteiger partial charge in [-0.1, -0.05) is 17.7 Å². The van der Waals surface area contributed by atoms with Gasteiger partial charge < -0.3 is 15.5 Å². The first-order valence-corrected chi connectivity index (χ1v) is 10.5. The fourth-order valence-corrected chi connectivity index (χ4v) is 3.38. The summed E-state index contributed by atoms with van der Waals surface area (Å²) in [5.74, 6) is -0.499. The molecule has 3 rings (SSSR count). The Kier molecular flexibility index (Phi) is 7.81. The Morgan fingerprint density at radius 1 is 1.00 bits per heavy atom. The first-order valence-electron chi connectivity index (χ1n) is 10.1. The van der Waals surface area contributed by atoms with Crippen molar-refractivity contribution in [3.8, 4) is 5.69 Å². The third-order valence-electron chi connectivity index (χ3n) is 4.71. The van der Waals surface area contributed by atoms with Gasteiger partial charge in [0.1, 0.15) is 0 Å². The lowest BCUT2D eigenvalue weighted by atomic mass is 10.1. The van der Waals surface area contributed by atoms with E-state index in [1.165, 1.54) is 10.6 Å². The number of anilines is 1.